The van der Waals surface area contributed by atoms with Crippen molar-refractivity contribution in [2.75, 3.05) is 6.61 Å². The zero-order valence-electron chi connectivity index (χ0n) is 10.4. The summed E-state index contributed by atoms with van der Waals surface area (Å²) in [5.41, 5.74) is 1.18. The minimum Gasteiger partial charge on any atom is -0.492 e. The van der Waals surface area contributed by atoms with E-state index in [9.17, 15) is 4.79 Å². The third-order valence-electron chi connectivity index (χ3n) is 2.43. The minimum atomic E-state index is -0.854. The lowest BCUT2D eigenvalue weighted by Crippen LogP contribution is -2.42. The Bertz CT molecular complexity index is 361. The number of ether oxygens (including phenoxy) is 1. The Hall–Kier alpha value is -1.55. The summed E-state index contributed by atoms with van der Waals surface area (Å²) in [5.74, 6) is -0.0561. The van der Waals surface area contributed by atoms with Gasteiger partial charge in [-0.3, -0.25) is 10.1 Å². The number of carboxylic acids is 1. The van der Waals surface area contributed by atoms with Crippen LogP contribution in [0.3, 0.4) is 0 Å². The molecule has 0 saturated carbocycles. The molecule has 1 aromatic rings. The highest BCUT2D eigenvalue weighted by atomic mass is 16.5. The summed E-state index contributed by atoms with van der Waals surface area (Å²) in [6.45, 7) is 5.97. The quantitative estimate of drug-likeness (QED) is 0.792. The number of carbonyl (C=O) groups is 1. The van der Waals surface area contributed by atoms with Crippen LogP contribution in [0.15, 0.2) is 24.3 Å². The summed E-state index contributed by atoms with van der Waals surface area (Å²) < 4.78 is 5.55. The molecule has 2 atom stereocenters. The first-order valence-corrected chi connectivity index (χ1v) is 5.67. The van der Waals surface area contributed by atoms with Crippen molar-refractivity contribution in [2.24, 2.45) is 0 Å². The van der Waals surface area contributed by atoms with Crippen molar-refractivity contribution in [3.8, 4) is 5.75 Å². The van der Waals surface area contributed by atoms with Gasteiger partial charge in [-0.1, -0.05) is 17.7 Å². The fourth-order valence-electron chi connectivity index (χ4n) is 1.40. The van der Waals surface area contributed by atoms with E-state index in [1.165, 1.54) is 5.56 Å². The molecule has 0 heterocycles. The number of nitrogens with one attached hydrogen (secondary N) is 1. The van der Waals surface area contributed by atoms with E-state index in [-0.39, 0.29) is 6.04 Å². The molecule has 0 aromatic heterocycles. The molecule has 0 bridgehead atoms. The second kappa shape index (κ2) is 6.25. The van der Waals surface area contributed by atoms with Crippen LogP contribution in [-0.2, 0) is 4.79 Å². The molecule has 0 aliphatic heterocycles. The average molecular weight is 237 g/mol. The fraction of sp³-hybridized carbons (Fsp3) is 0.462. The van der Waals surface area contributed by atoms with Crippen LogP contribution in [0.4, 0.5) is 0 Å². The van der Waals surface area contributed by atoms with Gasteiger partial charge in [0.1, 0.15) is 18.4 Å². The van der Waals surface area contributed by atoms with E-state index in [0.29, 0.717) is 6.61 Å². The second-order valence-corrected chi connectivity index (χ2v) is 4.25. The molecular formula is C13H19NO3. The van der Waals surface area contributed by atoms with Gasteiger partial charge in [-0.15, -0.1) is 0 Å². The molecule has 0 amide bonds. The van der Waals surface area contributed by atoms with Crippen molar-refractivity contribution in [2.45, 2.75) is 32.9 Å². The highest BCUT2D eigenvalue weighted by molar-refractivity contribution is 5.72. The highest BCUT2D eigenvalue weighted by Gasteiger charge is 2.13. The standard InChI is InChI=1S/C13H19NO3/c1-9-4-6-12(7-5-9)17-8-10(2)14-11(3)13(15)16/h4-7,10-11,14H,8H2,1-3H3,(H,15,16). The van der Waals surface area contributed by atoms with Crippen LogP contribution in [0.2, 0.25) is 0 Å². The van der Waals surface area contributed by atoms with Crippen molar-refractivity contribution < 1.29 is 14.6 Å². The van der Waals surface area contributed by atoms with Crippen molar-refractivity contribution in [1.29, 1.82) is 0 Å². The molecule has 0 radical (unpaired) electrons. The van der Waals surface area contributed by atoms with Gasteiger partial charge in [0, 0.05) is 6.04 Å². The number of benzene rings is 1. The Labute approximate surface area is 102 Å². The Kier molecular flexibility index (Phi) is 4.97. The summed E-state index contributed by atoms with van der Waals surface area (Å²) >= 11 is 0. The smallest absolute Gasteiger partial charge is 0.320 e. The summed E-state index contributed by atoms with van der Waals surface area (Å²) in [6, 6.07) is 7.19. The predicted molar refractivity (Wildman–Crippen MR) is 66.4 cm³/mol. The van der Waals surface area contributed by atoms with E-state index in [2.05, 4.69) is 5.32 Å². The Balaban J connectivity index is 2.35. The van der Waals surface area contributed by atoms with E-state index in [0.717, 1.165) is 5.75 Å². The maximum atomic E-state index is 10.6. The highest BCUT2D eigenvalue weighted by Crippen LogP contribution is 2.11. The van der Waals surface area contributed by atoms with E-state index in [1.807, 2.05) is 38.1 Å². The SMILES string of the molecule is Cc1ccc(OCC(C)NC(C)C(=O)O)cc1. The number of aliphatic carboxylic acids is 1. The maximum Gasteiger partial charge on any atom is 0.320 e. The van der Waals surface area contributed by atoms with Crippen molar-refractivity contribution in [1.82, 2.24) is 5.32 Å². The molecule has 4 heteroatoms. The molecule has 0 spiro atoms. The van der Waals surface area contributed by atoms with Gasteiger partial charge in [0.15, 0.2) is 0 Å². The molecule has 0 saturated heterocycles. The molecule has 94 valence electrons. The van der Waals surface area contributed by atoms with E-state index in [1.54, 1.807) is 6.92 Å². The van der Waals surface area contributed by atoms with Crippen molar-refractivity contribution >= 4 is 5.97 Å². The average Bonchev–Trinajstić information content (AvgIpc) is 2.28. The molecule has 17 heavy (non-hydrogen) atoms. The lowest BCUT2D eigenvalue weighted by molar-refractivity contribution is -0.139. The first kappa shape index (κ1) is 13.5. The number of hydrogen-bond acceptors (Lipinski definition) is 3. The zero-order valence-corrected chi connectivity index (χ0v) is 10.4. The molecule has 0 fully saturated rings. The normalized spacial score (nSPS) is 14.1. The molecule has 2 N–H and O–H groups in total. The molecule has 2 unspecified atom stereocenters. The van der Waals surface area contributed by atoms with Crippen LogP contribution < -0.4 is 10.1 Å². The van der Waals surface area contributed by atoms with Crippen molar-refractivity contribution in [3.63, 3.8) is 0 Å². The summed E-state index contributed by atoms with van der Waals surface area (Å²) in [4.78, 5) is 10.6. The Morgan fingerprint density at radius 3 is 2.47 bits per heavy atom. The molecule has 1 aromatic carbocycles. The molecule has 4 nitrogen and oxygen atoms in total. The molecular weight excluding hydrogens is 218 g/mol. The monoisotopic (exact) mass is 237 g/mol. The predicted octanol–water partition coefficient (Wildman–Crippen LogP) is 1.83. The van der Waals surface area contributed by atoms with Gasteiger partial charge in [-0.25, -0.2) is 0 Å². The first-order valence-electron chi connectivity index (χ1n) is 5.67. The Morgan fingerprint density at radius 2 is 1.94 bits per heavy atom. The summed E-state index contributed by atoms with van der Waals surface area (Å²) in [7, 11) is 0. The minimum absolute atomic E-state index is 0.0117. The lowest BCUT2D eigenvalue weighted by atomic mass is 10.2. The lowest BCUT2D eigenvalue weighted by Gasteiger charge is -2.17. The first-order chi connectivity index (χ1) is 7.99. The van der Waals surface area contributed by atoms with Gasteiger partial charge in [0.25, 0.3) is 0 Å². The molecule has 0 aliphatic rings. The number of aryl methyl sites for hydroxylation is 1. The summed E-state index contributed by atoms with van der Waals surface area (Å²) in [6.07, 6.45) is 0. The topological polar surface area (TPSA) is 58.6 Å². The third kappa shape index (κ3) is 4.87. The van der Waals surface area contributed by atoms with E-state index >= 15 is 0 Å². The largest absolute Gasteiger partial charge is 0.492 e. The van der Waals surface area contributed by atoms with Crippen LogP contribution in [0.1, 0.15) is 19.4 Å². The Morgan fingerprint density at radius 1 is 1.35 bits per heavy atom. The molecule has 1 rings (SSSR count). The van der Waals surface area contributed by atoms with Gasteiger partial charge < -0.3 is 9.84 Å². The third-order valence-corrected chi connectivity index (χ3v) is 2.43. The van der Waals surface area contributed by atoms with Gasteiger partial charge in [-0.05, 0) is 32.9 Å². The van der Waals surface area contributed by atoms with Gasteiger partial charge in [-0.2, -0.15) is 0 Å². The zero-order chi connectivity index (χ0) is 12.8. The van der Waals surface area contributed by atoms with Crippen molar-refractivity contribution in [3.05, 3.63) is 29.8 Å². The summed E-state index contributed by atoms with van der Waals surface area (Å²) in [5, 5.41) is 11.7. The van der Waals surface area contributed by atoms with Gasteiger partial charge in [0.05, 0.1) is 0 Å². The van der Waals surface area contributed by atoms with Gasteiger partial charge in [0.2, 0.25) is 0 Å². The van der Waals surface area contributed by atoms with Crippen LogP contribution in [0, 0.1) is 6.92 Å². The second-order valence-electron chi connectivity index (χ2n) is 4.25. The number of carboxylic acid groups (broad SMARTS) is 1. The number of rotatable bonds is 6. The fourth-order valence-corrected chi connectivity index (χ4v) is 1.40. The van der Waals surface area contributed by atoms with Crippen LogP contribution >= 0.6 is 0 Å². The van der Waals surface area contributed by atoms with E-state index in [4.69, 9.17) is 9.84 Å². The molecule has 0 aliphatic carbocycles. The van der Waals surface area contributed by atoms with Crippen LogP contribution in [0.5, 0.6) is 5.75 Å². The van der Waals surface area contributed by atoms with Crippen LogP contribution in [0.25, 0.3) is 0 Å². The van der Waals surface area contributed by atoms with Gasteiger partial charge >= 0.3 is 5.97 Å². The number of hydrogen-bond donors (Lipinski definition) is 2. The van der Waals surface area contributed by atoms with Crippen LogP contribution in [-0.4, -0.2) is 29.8 Å². The van der Waals surface area contributed by atoms with E-state index < -0.39 is 12.0 Å². The maximum absolute atomic E-state index is 10.6.